The molecule has 1 aliphatic heterocycles. The van der Waals surface area contributed by atoms with Crippen LogP contribution in [-0.2, 0) is 4.79 Å². The van der Waals surface area contributed by atoms with E-state index in [4.69, 9.17) is 0 Å². The number of nitrogens with one attached hydrogen (secondary N) is 1. The van der Waals surface area contributed by atoms with E-state index in [1.54, 1.807) is 10.9 Å². The molecule has 1 fully saturated rings. The maximum Gasteiger partial charge on any atom is 0.254 e. The third-order valence-electron chi connectivity index (χ3n) is 4.58. The number of nitrogens with zero attached hydrogens (tertiary/aromatic N) is 3. The molecule has 3 rings (SSSR count). The first-order valence-electron chi connectivity index (χ1n) is 8.74. The molecule has 0 unspecified atom stereocenters. The average molecular weight is 340 g/mol. The molecule has 2 amide bonds. The lowest BCUT2D eigenvalue weighted by Gasteiger charge is -2.15. The van der Waals surface area contributed by atoms with Gasteiger partial charge in [0.1, 0.15) is 0 Å². The fraction of sp³-hybridized carbons (Fsp3) is 0.421. The third kappa shape index (κ3) is 3.90. The number of benzene rings is 1. The number of carbonyl (C=O) groups excluding carboxylic acids is 2. The SMILES string of the molecule is Cc1cccc(-n2ncc(C(=O)NCCC(=O)N3CCCC3)c2C)c1. The Hall–Kier alpha value is -2.63. The highest BCUT2D eigenvalue weighted by molar-refractivity contribution is 5.95. The molecule has 1 aromatic carbocycles. The number of aromatic nitrogens is 2. The summed E-state index contributed by atoms with van der Waals surface area (Å²) in [6.07, 6.45) is 4.08. The van der Waals surface area contributed by atoms with E-state index in [9.17, 15) is 9.59 Å². The lowest BCUT2D eigenvalue weighted by atomic mass is 10.2. The Morgan fingerprint density at radius 2 is 1.96 bits per heavy atom. The second kappa shape index (κ2) is 7.51. The van der Waals surface area contributed by atoms with Crippen LogP contribution in [0.15, 0.2) is 30.5 Å². The van der Waals surface area contributed by atoms with Crippen molar-refractivity contribution >= 4 is 11.8 Å². The molecule has 1 aliphatic rings. The van der Waals surface area contributed by atoms with E-state index in [-0.39, 0.29) is 11.8 Å². The van der Waals surface area contributed by atoms with E-state index in [1.165, 1.54) is 0 Å². The van der Waals surface area contributed by atoms with Crippen LogP contribution in [0.1, 0.15) is 40.9 Å². The standard InChI is InChI=1S/C19H24N4O2/c1-14-6-5-7-16(12-14)23-15(2)17(13-21-23)19(25)20-9-8-18(24)22-10-3-4-11-22/h5-7,12-13H,3-4,8-11H2,1-2H3,(H,20,25). The normalized spacial score (nSPS) is 13.9. The van der Waals surface area contributed by atoms with Crippen LogP contribution in [0.5, 0.6) is 0 Å². The van der Waals surface area contributed by atoms with E-state index >= 15 is 0 Å². The quantitative estimate of drug-likeness (QED) is 0.908. The van der Waals surface area contributed by atoms with E-state index in [1.807, 2.05) is 43.0 Å². The van der Waals surface area contributed by atoms with Crippen molar-refractivity contribution in [3.05, 3.63) is 47.3 Å². The summed E-state index contributed by atoms with van der Waals surface area (Å²) in [6, 6.07) is 7.97. The largest absolute Gasteiger partial charge is 0.351 e. The summed E-state index contributed by atoms with van der Waals surface area (Å²) in [6.45, 7) is 5.93. The van der Waals surface area contributed by atoms with Crippen molar-refractivity contribution in [3.63, 3.8) is 0 Å². The molecule has 0 spiro atoms. The molecular formula is C19H24N4O2. The number of rotatable bonds is 5. The molecule has 0 atom stereocenters. The number of likely N-dealkylation sites (tertiary alicyclic amines) is 1. The van der Waals surface area contributed by atoms with Gasteiger partial charge < -0.3 is 10.2 Å². The van der Waals surface area contributed by atoms with E-state index in [0.717, 1.165) is 42.9 Å². The first-order valence-corrected chi connectivity index (χ1v) is 8.74. The Balaban J connectivity index is 1.60. The molecule has 0 aliphatic carbocycles. The van der Waals surface area contributed by atoms with Gasteiger partial charge in [-0.2, -0.15) is 5.10 Å². The summed E-state index contributed by atoms with van der Waals surface area (Å²) in [4.78, 5) is 26.3. The van der Waals surface area contributed by atoms with Crippen LogP contribution in [0.3, 0.4) is 0 Å². The van der Waals surface area contributed by atoms with E-state index in [2.05, 4.69) is 10.4 Å². The topological polar surface area (TPSA) is 67.2 Å². The van der Waals surface area contributed by atoms with Gasteiger partial charge in [-0.3, -0.25) is 9.59 Å². The minimum Gasteiger partial charge on any atom is -0.351 e. The maximum absolute atomic E-state index is 12.4. The highest BCUT2D eigenvalue weighted by atomic mass is 16.2. The third-order valence-corrected chi connectivity index (χ3v) is 4.58. The molecular weight excluding hydrogens is 316 g/mol. The lowest BCUT2D eigenvalue weighted by molar-refractivity contribution is -0.129. The molecule has 2 aromatic rings. The van der Waals surface area contributed by atoms with E-state index < -0.39 is 0 Å². The molecule has 1 aromatic heterocycles. The summed E-state index contributed by atoms with van der Waals surface area (Å²) in [7, 11) is 0. The molecule has 6 nitrogen and oxygen atoms in total. The fourth-order valence-electron chi connectivity index (χ4n) is 3.16. The minimum absolute atomic E-state index is 0.116. The van der Waals surface area contributed by atoms with Gasteiger partial charge >= 0.3 is 0 Å². The zero-order chi connectivity index (χ0) is 17.8. The van der Waals surface area contributed by atoms with E-state index in [0.29, 0.717) is 18.5 Å². The van der Waals surface area contributed by atoms with Crippen LogP contribution in [0.4, 0.5) is 0 Å². The number of carbonyl (C=O) groups is 2. The van der Waals surface area contributed by atoms with Crippen LogP contribution in [-0.4, -0.2) is 46.1 Å². The molecule has 2 heterocycles. The summed E-state index contributed by atoms with van der Waals surface area (Å²) >= 11 is 0. The maximum atomic E-state index is 12.4. The van der Waals surface area contributed by atoms with Gasteiger partial charge in [-0.1, -0.05) is 12.1 Å². The van der Waals surface area contributed by atoms with Gasteiger partial charge in [-0.05, 0) is 44.4 Å². The molecule has 132 valence electrons. The Morgan fingerprint density at radius 1 is 1.20 bits per heavy atom. The fourth-order valence-corrected chi connectivity index (χ4v) is 3.16. The zero-order valence-corrected chi connectivity index (χ0v) is 14.8. The molecule has 0 saturated carbocycles. The van der Waals surface area contributed by atoms with Gasteiger partial charge in [0.25, 0.3) is 5.91 Å². The summed E-state index contributed by atoms with van der Waals surface area (Å²) < 4.78 is 1.76. The first kappa shape index (κ1) is 17.2. The van der Waals surface area contributed by atoms with Gasteiger partial charge in [0.2, 0.25) is 5.91 Å². The molecule has 1 saturated heterocycles. The zero-order valence-electron chi connectivity index (χ0n) is 14.8. The molecule has 6 heteroatoms. The number of hydrogen-bond donors (Lipinski definition) is 1. The van der Waals surface area contributed by atoms with Crippen molar-refractivity contribution in [2.75, 3.05) is 19.6 Å². The van der Waals surface area contributed by atoms with Gasteiger partial charge in [-0.25, -0.2) is 4.68 Å². The second-order valence-corrected chi connectivity index (χ2v) is 6.49. The van der Waals surface area contributed by atoms with Gasteiger partial charge in [0.05, 0.1) is 23.1 Å². The van der Waals surface area contributed by atoms with Crippen LogP contribution in [0.2, 0.25) is 0 Å². The molecule has 25 heavy (non-hydrogen) atoms. The van der Waals surface area contributed by atoms with Crippen molar-refractivity contribution in [3.8, 4) is 5.69 Å². The van der Waals surface area contributed by atoms with Crippen LogP contribution >= 0.6 is 0 Å². The lowest BCUT2D eigenvalue weighted by Crippen LogP contribution is -2.32. The summed E-state index contributed by atoms with van der Waals surface area (Å²) in [5.41, 5.74) is 3.39. The summed E-state index contributed by atoms with van der Waals surface area (Å²) in [5, 5.41) is 7.17. The first-order chi connectivity index (χ1) is 12.1. The Morgan fingerprint density at radius 3 is 2.68 bits per heavy atom. The van der Waals surface area contributed by atoms with Crippen molar-refractivity contribution in [1.29, 1.82) is 0 Å². The van der Waals surface area contributed by atoms with Crippen molar-refractivity contribution in [2.24, 2.45) is 0 Å². The van der Waals surface area contributed by atoms with Crippen LogP contribution in [0, 0.1) is 13.8 Å². The second-order valence-electron chi connectivity index (χ2n) is 6.49. The van der Waals surface area contributed by atoms with Crippen molar-refractivity contribution in [1.82, 2.24) is 20.0 Å². The Bertz CT molecular complexity index is 775. The van der Waals surface area contributed by atoms with Crippen LogP contribution in [0.25, 0.3) is 5.69 Å². The Kier molecular flexibility index (Phi) is 5.16. The highest BCUT2D eigenvalue weighted by Gasteiger charge is 2.19. The van der Waals surface area contributed by atoms with Crippen molar-refractivity contribution < 1.29 is 9.59 Å². The smallest absolute Gasteiger partial charge is 0.254 e. The predicted octanol–water partition coefficient (Wildman–Crippen LogP) is 2.23. The highest BCUT2D eigenvalue weighted by Crippen LogP contribution is 2.15. The van der Waals surface area contributed by atoms with Crippen LogP contribution < -0.4 is 5.32 Å². The molecule has 0 bridgehead atoms. The van der Waals surface area contributed by atoms with Gasteiger partial charge in [0, 0.05) is 26.1 Å². The number of hydrogen-bond acceptors (Lipinski definition) is 3. The van der Waals surface area contributed by atoms with Gasteiger partial charge in [-0.15, -0.1) is 0 Å². The number of aryl methyl sites for hydroxylation is 1. The molecule has 1 N–H and O–H groups in total. The Labute approximate surface area is 147 Å². The monoisotopic (exact) mass is 340 g/mol. The summed E-state index contributed by atoms with van der Waals surface area (Å²) in [5.74, 6) is -0.0735. The van der Waals surface area contributed by atoms with Gasteiger partial charge in [0.15, 0.2) is 0 Å². The minimum atomic E-state index is -0.189. The predicted molar refractivity (Wildman–Crippen MR) is 95.8 cm³/mol. The number of amides is 2. The average Bonchev–Trinajstić information content (AvgIpc) is 3.24. The van der Waals surface area contributed by atoms with Crippen molar-refractivity contribution in [2.45, 2.75) is 33.1 Å². The molecule has 0 radical (unpaired) electrons.